The lowest BCUT2D eigenvalue weighted by molar-refractivity contribution is -0.129. The van der Waals surface area contributed by atoms with Crippen molar-refractivity contribution in [3.63, 3.8) is 0 Å². The summed E-state index contributed by atoms with van der Waals surface area (Å²) in [7, 11) is 1.61. The fraction of sp³-hybridized carbons (Fsp3) is 0.833. The number of unbranched alkanes of at least 4 members (excludes halogenated alkanes) is 1. The number of hydrogen-bond donors (Lipinski definition) is 2. The van der Waals surface area contributed by atoms with Gasteiger partial charge in [0.2, 0.25) is 5.91 Å². The van der Waals surface area contributed by atoms with Crippen LogP contribution in [0, 0.1) is 5.92 Å². The van der Waals surface area contributed by atoms with E-state index in [4.69, 9.17) is 5.73 Å². The van der Waals surface area contributed by atoms with Crippen LogP contribution in [0.3, 0.4) is 0 Å². The van der Waals surface area contributed by atoms with Crippen LogP contribution in [0.4, 0.5) is 0 Å². The predicted octanol–water partition coefficient (Wildman–Crippen LogP) is 1.24. The van der Waals surface area contributed by atoms with Crippen molar-refractivity contribution in [3.8, 4) is 0 Å². The minimum Gasteiger partial charge on any atom is -0.359 e. The zero-order valence-electron chi connectivity index (χ0n) is 10.4. The number of nitrogens with one attached hydrogen (secondary N) is 1. The van der Waals surface area contributed by atoms with Gasteiger partial charge < -0.3 is 11.1 Å². The second kappa shape index (κ2) is 9.33. The first kappa shape index (κ1) is 15.1. The van der Waals surface area contributed by atoms with Gasteiger partial charge in [0, 0.05) is 25.8 Å². The van der Waals surface area contributed by atoms with Gasteiger partial charge in [0.25, 0.3) is 0 Å². The summed E-state index contributed by atoms with van der Waals surface area (Å²) in [6.45, 7) is 2.62. The third kappa shape index (κ3) is 6.56. The molecular formula is C12H24N2O2. The number of ketones is 1. The highest BCUT2D eigenvalue weighted by Crippen LogP contribution is 2.15. The maximum atomic E-state index is 11.6. The molecule has 0 aromatic carbocycles. The molecule has 0 unspecified atom stereocenters. The van der Waals surface area contributed by atoms with Crippen molar-refractivity contribution in [2.75, 3.05) is 13.6 Å². The van der Waals surface area contributed by atoms with Gasteiger partial charge in [-0.25, -0.2) is 0 Å². The Morgan fingerprint density at radius 1 is 1.31 bits per heavy atom. The summed E-state index contributed by atoms with van der Waals surface area (Å²) in [5, 5.41) is 2.62. The van der Waals surface area contributed by atoms with Crippen molar-refractivity contribution < 1.29 is 9.59 Å². The Kier molecular flexibility index (Phi) is 8.81. The first-order chi connectivity index (χ1) is 7.65. The number of carbonyl (C=O) groups excluding carboxylic acids is 2. The molecule has 0 saturated carbocycles. The molecule has 0 heterocycles. The number of nitrogens with two attached hydrogens (primary N) is 1. The molecule has 16 heavy (non-hydrogen) atoms. The van der Waals surface area contributed by atoms with Crippen molar-refractivity contribution in [1.82, 2.24) is 5.32 Å². The molecule has 0 aliphatic rings. The summed E-state index contributed by atoms with van der Waals surface area (Å²) in [4.78, 5) is 23.1. The zero-order valence-corrected chi connectivity index (χ0v) is 10.4. The summed E-state index contributed by atoms with van der Waals surface area (Å²) in [5.74, 6) is -0.0130. The molecule has 1 amide bonds. The highest BCUT2D eigenvalue weighted by molar-refractivity contribution is 5.86. The standard InChI is InChI=1S/C12H24N2O2/c1-3-6-11(15)9-10(12(16)14-2)7-4-5-8-13/h10H,3-9,13H2,1-2H3,(H,14,16)/t10-/m1/s1. The van der Waals surface area contributed by atoms with Gasteiger partial charge in [-0.1, -0.05) is 13.3 Å². The average Bonchev–Trinajstić information content (AvgIpc) is 2.27. The van der Waals surface area contributed by atoms with Crippen molar-refractivity contribution in [3.05, 3.63) is 0 Å². The van der Waals surface area contributed by atoms with Crippen LogP contribution in [0.2, 0.25) is 0 Å². The summed E-state index contributed by atoms with van der Waals surface area (Å²) >= 11 is 0. The van der Waals surface area contributed by atoms with Gasteiger partial charge in [0.15, 0.2) is 0 Å². The Morgan fingerprint density at radius 2 is 2.00 bits per heavy atom. The molecular weight excluding hydrogens is 204 g/mol. The minimum absolute atomic E-state index is 0.0264. The fourth-order valence-corrected chi connectivity index (χ4v) is 1.72. The molecule has 0 fully saturated rings. The lowest BCUT2D eigenvalue weighted by atomic mass is 9.94. The Bertz CT molecular complexity index is 217. The van der Waals surface area contributed by atoms with Crippen LogP contribution >= 0.6 is 0 Å². The van der Waals surface area contributed by atoms with E-state index in [0.717, 1.165) is 25.7 Å². The quantitative estimate of drug-likeness (QED) is 0.583. The molecule has 0 bridgehead atoms. The smallest absolute Gasteiger partial charge is 0.223 e. The molecule has 0 rings (SSSR count). The molecule has 0 aromatic heterocycles. The van der Waals surface area contributed by atoms with Crippen LogP contribution in [-0.2, 0) is 9.59 Å². The van der Waals surface area contributed by atoms with Crippen LogP contribution in [-0.4, -0.2) is 25.3 Å². The minimum atomic E-state index is -0.171. The van der Waals surface area contributed by atoms with Gasteiger partial charge in [-0.3, -0.25) is 9.59 Å². The first-order valence-electron chi connectivity index (χ1n) is 6.09. The molecule has 0 aliphatic carbocycles. The summed E-state index contributed by atoms with van der Waals surface area (Å²) in [5.41, 5.74) is 5.40. The molecule has 0 aromatic rings. The molecule has 3 N–H and O–H groups in total. The van der Waals surface area contributed by atoms with E-state index in [-0.39, 0.29) is 17.6 Å². The maximum Gasteiger partial charge on any atom is 0.223 e. The third-order valence-corrected chi connectivity index (χ3v) is 2.63. The number of hydrogen-bond acceptors (Lipinski definition) is 3. The van der Waals surface area contributed by atoms with Crippen LogP contribution in [0.5, 0.6) is 0 Å². The molecule has 4 nitrogen and oxygen atoms in total. The van der Waals surface area contributed by atoms with E-state index in [1.54, 1.807) is 7.05 Å². The Balaban J connectivity index is 4.09. The summed E-state index contributed by atoms with van der Waals surface area (Å²) in [6.07, 6.45) is 4.38. The molecule has 94 valence electrons. The second-order valence-electron chi connectivity index (χ2n) is 4.09. The lowest BCUT2D eigenvalue weighted by Crippen LogP contribution is -2.29. The molecule has 0 radical (unpaired) electrons. The molecule has 0 spiro atoms. The van der Waals surface area contributed by atoms with Gasteiger partial charge in [0.1, 0.15) is 5.78 Å². The SMILES string of the molecule is CCCC(=O)C[C@@H](CCCCN)C(=O)NC. The van der Waals surface area contributed by atoms with E-state index in [1.807, 2.05) is 6.92 Å². The lowest BCUT2D eigenvalue weighted by Gasteiger charge is -2.14. The largest absolute Gasteiger partial charge is 0.359 e. The van der Waals surface area contributed by atoms with E-state index in [2.05, 4.69) is 5.32 Å². The Labute approximate surface area is 98.0 Å². The van der Waals surface area contributed by atoms with Crippen molar-refractivity contribution >= 4 is 11.7 Å². The molecule has 1 atom stereocenters. The molecule has 0 saturated heterocycles. The monoisotopic (exact) mass is 228 g/mol. The number of Topliss-reactive ketones (excluding diaryl/α,β-unsaturated/α-hetero) is 1. The average molecular weight is 228 g/mol. The van der Waals surface area contributed by atoms with Crippen molar-refractivity contribution in [2.45, 2.75) is 45.4 Å². The van der Waals surface area contributed by atoms with E-state index in [0.29, 0.717) is 19.4 Å². The summed E-state index contributed by atoms with van der Waals surface area (Å²) < 4.78 is 0. The Hall–Kier alpha value is -0.900. The van der Waals surface area contributed by atoms with E-state index in [9.17, 15) is 9.59 Å². The highest BCUT2D eigenvalue weighted by Gasteiger charge is 2.19. The normalized spacial score (nSPS) is 12.2. The van der Waals surface area contributed by atoms with Crippen LogP contribution in [0.15, 0.2) is 0 Å². The van der Waals surface area contributed by atoms with Crippen LogP contribution < -0.4 is 11.1 Å². The van der Waals surface area contributed by atoms with E-state index in [1.165, 1.54) is 0 Å². The second-order valence-corrected chi connectivity index (χ2v) is 4.09. The van der Waals surface area contributed by atoms with E-state index >= 15 is 0 Å². The van der Waals surface area contributed by atoms with Crippen LogP contribution in [0.1, 0.15) is 45.4 Å². The molecule has 0 aliphatic heterocycles. The van der Waals surface area contributed by atoms with Crippen molar-refractivity contribution in [2.24, 2.45) is 11.7 Å². The summed E-state index contributed by atoms with van der Waals surface area (Å²) in [6, 6.07) is 0. The zero-order chi connectivity index (χ0) is 12.4. The third-order valence-electron chi connectivity index (χ3n) is 2.63. The van der Waals surface area contributed by atoms with Gasteiger partial charge in [0.05, 0.1) is 0 Å². The Morgan fingerprint density at radius 3 is 2.50 bits per heavy atom. The van der Waals surface area contributed by atoms with Crippen molar-refractivity contribution in [1.29, 1.82) is 0 Å². The van der Waals surface area contributed by atoms with Gasteiger partial charge >= 0.3 is 0 Å². The van der Waals surface area contributed by atoms with Crippen LogP contribution in [0.25, 0.3) is 0 Å². The fourth-order valence-electron chi connectivity index (χ4n) is 1.72. The van der Waals surface area contributed by atoms with Gasteiger partial charge in [-0.05, 0) is 25.8 Å². The van der Waals surface area contributed by atoms with Gasteiger partial charge in [-0.2, -0.15) is 0 Å². The van der Waals surface area contributed by atoms with Gasteiger partial charge in [-0.15, -0.1) is 0 Å². The highest BCUT2D eigenvalue weighted by atomic mass is 16.2. The molecule has 4 heteroatoms. The topological polar surface area (TPSA) is 72.2 Å². The maximum absolute atomic E-state index is 11.6. The number of carbonyl (C=O) groups is 2. The number of rotatable bonds is 9. The van der Waals surface area contributed by atoms with E-state index < -0.39 is 0 Å². The predicted molar refractivity (Wildman–Crippen MR) is 65.0 cm³/mol. The number of amides is 1. The first-order valence-corrected chi connectivity index (χ1v) is 6.09.